The highest BCUT2D eigenvalue weighted by molar-refractivity contribution is 5.45. The molecule has 1 aromatic rings. The topological polar surface area (TPSA) is 21.3 Å². The molecule has 0 spiro atoms. The molecule has 1 aromatic carbocycles. The Morgan fingerprint density at radius 2 is 2.33 bits per heavy atom. The summed E-state index contributed by atoms with van der Waals surface area (Å²) in [5.41, 5.74) is 2.83. The minimum atomic E-state index is 0.537. The lowest BCUT2D eigenvalue weighted by Crippen LogP contribution is -2.19. The van der Waals surface area contributed by atoms with Gasteiger partial charge in [-0.15, -0.1) is 0 Å². The summed E-state index contributed by atoms with van der Waals surface area (Å²) in [6.45, 7) is 3.30. The molecule has 1 unspecified atom stereocenters. The van der Waals surface area contributed by atoms with Crippen LogP contribution in [0.1, 0.15) is 36.9 Å². The first-order chi connectivity index (χ1) is 7.36. The second kappa shape index (κ2) is 4.67. The molecule has 2 nitrogen and oxygen atoms in total. The van der Waals surface area contributed by atoms with Crippen molar-refractivity contribution in [2.75, 3.05) is 13.7 Å². The van der Waals surface area contributed by atoms with Crippen molar-refractivity contribution < 1.29 is 4.74 Å². The number of nitrogens with one attached hydrogen (secondary N) is 1. The van der Waals surface area contributed by atoms with Crippen molar-refractivity contribution in [2.45, 2.75) is 32.2 Å². The number of rotatable bonds is 4. The highest BCUT2D eigenvalue weighted by atomic mass is 16.5. The fourth-order valence-electron chi connectivity index (χ4n) is 2.34. The molecule has 0 heterocycles. The maximum Gasteiger partial charge on any atom is 0.122 e. The second-order valence-corrected chi connectivity index (χ2v) is 4.07. The number of methoxy groups -OCH3 is 1. The Labute approximate surface area is 91.6 Å². The maximum atomic E-state index is 5.38. The number of hydrogen-bond acceptors (Lipinski definition) is 2. The first-order valence-corrected chi connectivity index (χ1v) is 5.76. The van der Waals surface area contributed by atoms with E-state index in [-0.39, 0.29) is 0 Å². The number of hydrogen-bond donors (Lipinski definition) is 1. The van der Waals surface area contributed by atoms with Gasteiger partial charge in [0.25, 0.3) is 0 Å². The van der Waals surface area contributed by atoms with Gasteiger partial charge in [-0.2, -0.15) is 0 Å². The summed E-state index contributed by atoms with van der Waals surface area (Å²) in [5, 5.41) is 3.58. The quantitative estimate of drug-likeness (QED) is 0.816. The van der Waals surface area contributed by atoms with Crippen LogP contribution in [0.2, 0.25) is 0 Å². The van der Waals surface area contributed by atoms with Gasteiger partial charge in [0.2, 0.25) is 0 Å². The lowest BCUT2D eigenvalue weighted by Gasteiger charge is -2.13. The zero-order valence-corrected chi connectivity index (χ0v) is 9.55. The zero-order chi connectivity index (χ0) is 10.7. The van der Waals surface area contributed by atoms with Gasteiger partial charge >= 0.3 is 0 Å². The molecule has 1 aliphatic carbocycles. The summed E-state index contributed by atoms with van der Waals surface area (Å²) >= 11 is 0. The lowest BCUT2D eigenvalue weighted by atomic mass is 10.1. The van der Waals surface area contributed by atoms with E-state index in [1.165, 1.54) is 24.0 Å². The molecule has 0 aliphatic heterocycles. The largest absolute Gasteiger partial charge is 0.496 e. The van der Waals surface area contributed by atoms with Crippen molar-refractivity contribution in [3.8, 4) is 5.75 Å². The van der Waals surface area contributed by atoms with Crippen molar-refractivity contribution in [3.05, 3.63) is 29.3 Å². The maximum absolute atomic E-state index is 5.38. The molecule has 1 N–H and O–H groups in total. The van der Waals surface area contributed by atoms with Crippen LogP contribution < -0.4 is 10.1 Å². The Morgan fingerprint density at radius 3 is 3.07 bits per heavy atom. The summed E-state index contributed by atoms with van der Waals surface area (Å²) in [7, 11) is 1.75. The Bertz CT molecular complexity index is 335. The molecule has 0 saturated carbocycles. The van der Waals surface area contributed by atoms with Crippen LogP contribution in [0.3, 0.4) is 0 Å². The van der Waals surface area contributed by atoms with Gasteiger partial charge in [0.15, 0.2) is 0 Å². The van der Waals surface area contributed by atoms with Crippen LogP contribution >= 0.6 is 0 Å². The van der Waals surface area contributed by atoms with Crippen molar-refractivity contribution in [1.82, 2.24) is 5.32 Å². The van der Waals surface area contributed by atoms with Crippen molar-refractivity contribution in [2.24, 2.45) is 0 Å². The fraction of sp³-hybridized carbons (Fsp3) is 0.538. The first-order valence-electron chi connectivity index (χ1n) is 5.76. The third-order valence-electron chi connectivity index (χ3n) is 3.09. The van der Waals surface area contributed by atoms with Crippen LogP contribution in [0, 0.1) is 0 Å². The van der Waals surface area contributed by atoms with Crippen LogP contribution in [-0.4, -0.2) is 13.7 Å². The predicted molar refractivity (Wildman–Crippen MR) is 62.3 cm³/mol. The Hall–Kier alpha value is -1.02. The molecule has 0 aromatic heterocycles. The van der Waals surface area contributed by atoms with E-state index < -0.39 is 0 Å². The van der Waals surface area contributed by atoms with E-state index in [2.05, 4.69) is 30.4 Å². The molecule has 0 amide bonds. The summed E-state index contributed by atoms with van der Waals surface area (Å²) in [6.07, 6.45) is 3.53. The molecule has 2 heteroatoms. The standard InChI is InChI=1S/C13H19NO/c1-3-9-14-12-8-7-11-10(12)5-4-6-13(11)15-2/h4-6,12,14H,3,7-9H2,1-2H3. The van der Waals surface area contributed by atoms with Gasteiger partial charge in [-0.05, 0) is 43.0 Å². The van der Waals surface area contributed by atoms with E-state index in [1.807, 2.05) is 0 Å². The molecule has 2 rings (SSSR count). The van der Waals surface area contributed by atoms with E-state index in [1.54, 1.807) is 7.11 Å². The average molecular weight is 205 g/mol. The minimum absolute atomic E-state index is 0.537. The SMILES string of the molecule is CCCNC1CCc2c(OC)cccc21. The van der Waals surface area contributed by atoms with E-state index in [9.17, 15) is 0 Å². The monoisotopic (exact) mass is 205 g/mol. The summed E-state index contributed by atoms with van der Waals surface area (Å²) in [4.78, 5) is 0. The Kier molecular flexibility index (Phi) is 3.27. The first kappa shape index (κ1) is 10.5. The zero-order valence-electron chi connectivity index (χ0n) is 9.55. The van der Waals surface area contributed by atoms with E-state index >= 15 is 0 Å². The van der Waals surface area contributed by atoms with E-state index in [4.69, 9.17) is 4.74 Å². The van der Waals surface area contributed by atoms with Gasteiger partial charge in [-0.1, -0.05) is 19.1 Å². The molecule has 15 heavy (non-hydrogen) atoms. The number of ether oxygens (including phenoxy) is 1. The number of benzene rings is 1. The summed E-state index contributed by atoms with van der Waals surface area (Å²) < 4.78 is 5.38. The smallest absolute Gasteiger partial charge is 0.122 e. The minimum Gasteiger partial charge on any atom is -0.496 e. The Balaban J connectivity index is 2.19. The van der Waals surface area contributed by atoms with E-state index in [0.717, 1.165) is 18.7 Å². The van der Waals surface area contributed by atoms with Gasteiger partial charge in [0, 0.05) is 6.04 Å². The molecule has 1 aliphatic rings. The highest BCUT2D eigenvalue weighted by Crippen LogP contribution is 2.36. The predicted octanol–water partition coefficient (Wildman–Crippen LogP) is 2.68. The highest BCUT2D eigenvalue weighted by Gasteiger charge is 2.23. The summed E-state index contributed by atoms with van der Waals surface area (Å²) in [5.74, 6) is 1.05. The molecule has 0 saturated heterocycles. The van der Waals surface area contributed by atoms with E-state index in [0.29, 0.717) is 6.04 Å². The van der Waals surface area contributed by atoms with Crippen molar-refractivity contribution in [3.63, 3.8) is 0 Å². The van der Waals surface area contributed by atoms with Crippen LogP contribution in [0.15, 0.2) is 18.2 Å². The average Bonchev–Trinajstić information content (AvgIpc) is 2.69. The van der Waals surface area contributed by atoms with Crippen LogP contribution in [0.4, 0.5) is 0 Å². The normalized spacial score (nSPS) is 18.9. The second-order valence-electron chi connectivity index (χ2n) is 4.07. The molecule has 1 atom stereocenters. The van der Waals surface area contributed by atoms with Gasteiger partial charge in [-0.3, -0.25) is 0 Å². The third kappa shape index (κ3) is 2.00. The lowest BCUT2D eigenvalue weighted by molar-refractivity contribution is 0.410. The molecule has 0 radical (unpaired) electrons. The van der Waals surface area contributed by atoms with Crippen LogP contribution in [-0.2, 0) is 6.42 Å². The number of fused-ring (bicyclic) bond motifs is 1. The fourth-order valence-corrected chi connectivity index (χ4v) is 2.34. The molecule has 0 bridgehead atoms. The van der Waals surface area contributed by atoms with Crippen LogP contribution in [0.25, 0.3) is 0 Å². The molecular formula is C13H19NO. The van der Waals surface area contributed by atoms with Crippen molar-refractivity contribution in [1.29, 1.82) is 0 Å². The van der Waals surface area contributed by atoms with Gasteiger partial charge < -0.3 is 10.1 Å². The third-order valence-corrected chi connectivity index (χ3v) is 3.09. The van der Waals surface area contributed by atoms with Gasteiger partial charge in [-0.25, -0.2) is 0 Å². The molecule has 82 valence electrons. The summed E-state index contributed by atoms with van der Waals surface area (Å²) in [6, 6.07) is 6.90. The van der Waals surface area contributed by atoms with Crippen molar-refractivity contribution >= 4 is 0 Å². The van der Waals surface area contributed by atoms with Gasteiger partial charge in [0.05, 0.1) is 7.11 Å². The van der Waals surface area contributed by atoms with Crippen LogP contribution in [0.5, 0.6) is 5.75 Å². The molecule has 0 fully saturated rings. The Morgan fingerprint density at radius 1 is 1.47 bits per heavy atom. The van der Waals surface area contributed by atoms with Gasteiger partial charge in [0.1, 0.15) is 5.75 Å². The molecular weight excluding hydrogens is 186 g/mol.